The molecule has 1 atom stereocenters. The molecule has 124 valence electrons. The van der Waals surface area contributed by atoms with Gasteiger partial charge in [-0.25, -0.2) is 0 Å². The van der Waals surface area contributed by atoms with Gasteiger partial charge in [-0.3, -0.25) is 4.79 Å². The van der Waals surface area contributed by atoms with Crippen molar-refractivity contribution in [3.63, 3.8) is 0 Å². The molecule has 0 radical (unpaired) electrons. The first-order valence-corrected chi connectivity index (χ1v) is 6.93. The predicted octanol–water partition coefficient (Wildman–Crippen LogP) is 3.87. The first kappa shape index (κ1) is 18.5. The topological polar surface area (TPSA) is 46.5 Å². The second kappa shape index (κ2) is 6.28. The molecule has 1 aromatic carbocycles. The highest BCUT2D eigenvalue weighted by Gasteiger charge is 2.54. The van der Waals surface area contributed by atoms with E-state index in [2.05, 4.69) is 0 Å². The van der Waals surface area contributed by atoms with Gasteiger partial charge in [0, 0.05) is 6.42 Å². The Morgan fingerprint density at radius 1 is 1.14 bits per heavy atom. The smallest absolute Gasteiger partial charge is 0.421 e. The number of hydrogen-bond acceptors (Lipinski definition) is 3. The third-order valence-corrected chi connectivity index (χ3v) is 3.11. The molecule has 1 rings (SSSR count). The standard InChI is InChI=1S/C16H21F3O3/c1-11-5-7-12(8-6-11)15(21,16(17,18)19)10-9-13(20)22-14(2,3)4/h5-8,21H,9-10H2,1-4H3. The van der Waals surface area contributed by atoms with Gasteiger partial charge in [0.2, 0.25) is 0 Å². The van der Waals surface area contributed by atoms with Crippen molar-refractivity contribution in [1.82, 2.24) is 0 Å². The van der Waals surface area contributed by atoms with E-state index in [9.17, 15) is 23.1 Å². The number of alkyl halides is 3. The lowest BCUT2D eigenvalue weighted by atomic mass is 9.88. The van der Waals surface area contributed by atoms with Crippen LogP contribution >= 0.6 is 0 Å². The SMILES string of the molecule is Cc1ccc(C(O)(CCC(=O)OC(C)(C)C)C(F)(F)F)cc1. The van der Waals surface area contributed by atoms with E-state index in [4.69, 9.17) is 4.74 Å². The van der Waals surface area contributed by atoms with Crippen LogP contribution in [0.5, 0.6) is 0 Å². The van der Waals surface area contributed by atoms with Crippen LogP contribution in [0, 0.1) is 6.92 Å². The second-order valence-electron chi connectivity index (χ2n) is 6.31. The number of ether oxygens (including phenoxy) is 1. The van der Waals surface area contributed by atoms with Gasteiger partial charge in [0.15, 0.2) is 5.60 Å². The maximum Gasteiger partial charge on any atom is 0.421 e. The highest BCUT2D eigenvalue weighted by atomic mass is 19.4. The van der Waals surface area contributed by atoms with Crippen molar-refractivity contribution in [1.29, 1.82) is 0 Å². The van der Waals surface area contributed by atoms with Crippen LogP contribution in [-0.2, 0) is 15.1 Å². The van der Waals surface area contributed by atoms with E-state index in [0.717, 1.165) is 5.56 Å². The number of esters is 1. The van der Waals surface area contributed by atoms with Crippen molar-refractivity contribution in [2.75, 3.05) is 0 Å². The van der Waals surface area contributed by atoms with E-state index in [1.165, 1.54) is 24.3 Å². The molecule has 0 saturated carbocycles. The lowest BCUT2D eigenvalue weighted by Gasteiger charge is -2.31. The monoisotopic (exact) mass is 318 g/mol. The summed E-state index contributed by atoms with van der Waals surface area (Å²) >= 11 is 0. The molecule has 0 saturated heterocycles. The largest absolute Gasteiger partial charge is 0.460 e. The van der Waals surface area contributed by atoms with E-state index in [1.807, 2.05) is 0 Å². The van der Waals surface area contributed by atoms with Crippen LogP contribution < -0.4 is 0 Å². The highest BCUT2D eigenvalue weighted by Crippen LogP contribution is 2.42. The van der Waals surface area contributed by atoms with Gasteiger partial charge in [0.1, 0.15) is 5.60 Å². The van der Waals surface area contributed by atoms with Crippen molar-refractivity contribution in [3.05, 3.63) is 35.4 Å². The van der Waals surface area contributed by atoms with E-state index >= 15 is 0 Å². The first-order valence-electron chi connectivity index (χ1n) is 6.93. The number of aryl methyl sites for hydroxylation is 1. The summed E-state index contributed by atoms with van der Waals surface area (Å²) in [6.45, 7) is 6.61. The van der Waals surface area contributed by atoms with Crippen molar-refractivity contribution < 1.29 is 27.8 Å². The van der Waals surface area contributed by atoms with Gasteiger partial charge in [-0.2, -0.15) is 13.2 Å². The number of benzene rings is 1. The number of aliphatic hydroxyl groups is 1. The van der Waals surface area contributed by atoms with Crippen LogP contribution in [0.15, 0.2) is 24.3 Å². The molecule has 0 aromatic heterocycles. The van der Waals surface area contributed by atoms with Crippen LogP contribution in [0.1, 0.15) is 44.7 Å². The Labute approximate surface area is 128 Å². The number of hydrogen-bond donors (Lipinski definition) is 1. The molecule has 0 fully saturated rings. The number of halogens is 3. The van der Waals surface area contributed by atoms with E-state index in [1.54, 1.807) is 27.7 Å². The van der Waals surface area contributed by atoms with Gasteiger partial charge in [0.25, 0.3) is 0 Å². The lowest BCUT2D eigenvalue weighted by Crippen LogP contribution is -2.43. The molecular formula is C16H21F3O3. The van der Waals surface area contributed by atoms with Crippen LogP contribution in [0.3, 0.4) is 0 Å². The molecule has 1 aromatic rings. The minimum absolute atomic E-state index is 0.283. The molecule has 0 amide bonds. The van der Waals surface area contributed by atoms with E-state index in [-0.39, 0.29) is 5.56 Å². The number of carbonyl (C=O) groups excluding carboxylic acids is 1. The van der Waals surface area contributed by atoms with Gasteiger partial charge in [0.05, 0.1) is 0 Å². The highest BCUT2D eigenvalue weighted by molar-refractivity contribution is 5.70. The summed E-state index contributed by atoms with van der Waals surface area (Å²) in [4.78, 5) is 11.6. The quantitative estimate of drug-likeness (QED) is 0.857. The van der Waals surface area contributed by atoms with Crippen molar-refractivity contribution >= 4 is 5.97 Å². The normalized spacial score (nSPS) is 15.3. The zero-order valence-corrected chi connectivity index (χ0v) is 13.1. The van der Waals surface area contributed by atoms with Gasteiger partial charge in [-0.05, 0) is 39.7 Å². The average Bonchev–Trinajstić information content (AvgIpc) is 2.33. The van der Waals surface area contributed by atoms with Crippen LogP contribution in [0.4, 0.5) is 13.2 Å². The van der Waals surface area contributed by atoms with Crippen LogP contribution in [0.25, 0.3) is 0 Å². The molecule has 6 heteroatoms. The Morgan fingerprint density at radius 3 is 2.05 bits per heavy atom. The molecule has 0 aliphatic heterocycles. The van der Waals surface area contributed by atoms with Crippen molar-refractivity contribution in [2.24, 2.45) is 0 Å². The van der Waals surface area contributed by atoms with Crippen LogP contribution in [-0.4, -0.2) is 22.9 Å². The Hall–Kier alpha value is -1.56. The zero-order valence-electron chi connectivity index (χ0n) is 13.1. The molecule has 3 nitrogen and oxygen atoms in total. The molecule has 22 heavy (non-hydrogen) atoms. The third-order valence-electron chi connectivity index (χ3n) is 3.11. The molecule has 0 spiro atoms. The molecule has 0 aliphatic rings. The molecule has 1 unspecified atom stereocenters. The molecule has 0 heterocycles. The Morgan fingerprint density at radius 2 is 1.64 bits per heavy atom. The second-order valence-corrected chi connectivity index (χ2v) is 6.31. The van der Waals surface area contributed by atoms with Crippen molar-refractivity contribution in [3.8, 4) is 0 Å². The number of carbonyl (C=O) groups is 1. The summed E-state index contributed by atoms with van der Waals surface area (Å²) < 4.78 is 44.8. The summed E-state index contributed by atoms with van der Waals surface area (Å²) in [5, 5.41) is 10.1. The minimum atomic E-state index is -4.88. The van der Waals surface area contributed by atoms with Crippen LogP contribution in [0.2, 0.25) is 0 Å². The third kappa shape index (κ3) is 4.73. The Balaban J connectivity index is 2.95. The average molecular weight is 318 g/mol. The van der Waals surface area contributed by atoms with Crippen molar-refractivity contribution in [2.45, 2.75) is 57.9 Å². The molecule has 0 aliphatic carbocycles. The molecular weight excluding hydrogens is 297 g/mol. The van der Waals surface area contributed by atoms with Gasteiger partial charge < -0.3 is 9.84 Å². The van der Waals surface area contributed by atoms with E-state index < -0.39 is 36.2 Å². The van der Waals surface area contributed by atoms with Gasteiger partial charge in [-0.15, -0.1) is 0 Å². The zero-order chi connectivity index (χ0) is 17.2. The Bertz CT molecular complexity index is 515. The van der Waals surface area contributed by atoms with E-state index in [0.29, 0.717) is 0 Å². The van der Waals surface area contributed by atoms with Gasteiger partial charge >= 0.3 is 12.1 Å². The fraction of sp³-hybridized carbons (Fsp3) is 0.562. The first-order chi connectivity index (χ1) is 9.85. The summed E-state index contributed by atoms with van der Waals surface area (Å²) in [7, 11) is 0. The predicted molar refractivity (Wildman–Crippen MR) is 76.2 cm³/mol. The Kier molecular flexibility index (Phi) is 5.28. The summed E-state index contributed by atoms with van der Waals surface area (Å²) in [6.07, 6.45) is -6.19. The number of rotatable bonds is 4. The minimum Gasteiger partial charge on any atom is -0.460 e. The lowest BCUT2D eigenvalue weighted by molar-refractivity contribution is -0.269. The fourth-order valence-electron chi connectivity index (χ4n) is 1.95. The molecule has 0 bridgehead atoms. The maximum absolute atomic E-state index is 13.3. The molecule has 1 N–H and O–H groups in total. The summed E-state index contributed by atoms with van der Waals surface area (Å²) in [5.41, 5.74) is -3.36. The summed E-state index contributed by atoms with van der Waals surface area (Å²) in [6, 6.07) is 5.41. The maximum atomic E-state index is 13.3. The van der Waals surface area contributed by atoms with Gasteiger partial charge in [-0.1, -0.05) is 29.8 Å². The summed E-state index contributed by atoms with van der Waals surface area (Å²) in [5.74, 6) is -0.776. The fourth-order valence-corrected chi connectivity index (χ4v) is 1.95.